The monoisotopic (exact) mass is 570 g/mol. The summed E-state index contributed by atoms with van der Waals surface area (Å²) in [5.74, 6) is -0.129. The zero-order chi connectivity index (χ0) is 29.8. The fraction of sp³-hybridized carbons (Fsp3) is 0.444. The van der Waals surface area contributed by atoms with Crippen molar-refractivity contribution in [2.24, 2.45) is 0 Å². The number of carbonyl (C=O) groups excluding carboxylic acids is 2. The van der Waals surface area contributed by atoms with Gasteiger partial charge in [-0.3, -0.25) is 9.69 Å². The molecule has 2 atom stereocenters. The van der Waals surface area contributed by atoms with Crippen LogP contribution in [0.2, 0.25) is 0 Å². The molecule has 0 aliphatic carbocycles. The van der Waals surface area contributed by atoms with E-state index in [1.807, 2.05) is 63.2 Å². The lowest BCUT2D eigenvalue weighted by atomic mass is 9.98. The number of nitrogens with zero attached hydrogens (tertiary/aromatic N) is 1. The lowest BCUT2D eigenvalue weighted by Crippen LogP contribution is -2.50. The van der Waals surface area contributed by atoms with Crippen LogP contribution in [0.5, 0.6) is 0 Å². The first-order valence-corrected chi connectivity index (χ1v) is 15.3. The summed E-state index contributed by atoms with van der Waals surface area (Å²) < 4.78 is 11.9. The number of likely N-dealkylation sites (tertiary alicyclic amines) is 1. The maximum absolute atomic E-state index is 13.8. The highest BCUT2D eigenvalue weighted by Gasteiger charge is 2.42. The number of nitrogens with one attached hydrogen (secondary N) is 1. The lowest BCUT2D eigenvalue weighted by molar-refractivity contribution is -0.126. The molecule has 0 saturated carbocycles. The third-order valence-electron chi connectivity index (χ3n) is 7.59. The SMILES string of the molecule is CC(C)(C)OC(=O)N1C[C@H](OCc2ccccc2)C[C@H]1C(=O)NC(CCCc1ccccc1)CCCc1ccccc1. The molecule has 6 nitrogen and oxygen atoms in total. The van der Waals surface area contributed by atoms with Crippen LogP contribution in [0.15, 0.2) is 91.0 Å². The van der Waals surface area contributed by atoms with Gasteiger partial charge in [0.2, 0.25) is 5.91 Å². The van der Waals surface area contributed by atoms with Crippen LogP contribution in [0.4, 0.5) is 4.79 Å². The highest BCUT2D eigenvalue weighted by molar-refractivity contribution is 5.86. The molecule has 3 aromatic carbocycles. The van der Waals surface area contributed by atoms with E-state index in [0.29, 0.717) is 19.6 Å². The van der Waals surface area contributed by atoms with E-state index < -0.39 is 17.7 Å². The van der Waals surface area contributed by atoms with Gasteiger partial charge in [-0.1, -0.05) is 91.0 Å². The molecule has 4 rings (SSSR count). The van der Waals surface area contributed by atoms with E-state index >= 15 is 0 Å². The average molecular weight is 571 g/mol. The number of hydrogen-bond donors (Lipinski definition) is 1. The topological polar surface area (TPSA) is 67.9 Å². The van der Waals surface area contributed by atoms with Crippen LogP contribution in [0.1, 0.15) is 69.6 Å². The molecule has 224 valence electrons. The first-order valence-electron chi connectivity index (χ1n) is 15.3. The summed E-state index contributed by atoms with van der Waals surface area (Å²) in [5.41, 5.74) is 3.01. The number of amides is 2. The molecule has 0 unspecified atom stereocenters. The first kappa shape index (κ1) is 31.3. The Hall–Kier alpha value is -3.64. The van der Waals surface area contributed by atoms with Crippen molar-refractivity contribution in [3.8, 4) is 0 Å². The van der Waals surface area contributed by atoms with Gasteiger partial charge in [0, 0.05) is 12.5 Å². The van der Waals surface area contributed by atoms with E-state index in [4.69, 9.17) is 9.47 Å². The predicted molar refractivity (Wildman–Crippen MR) is 167 cm³/mol. The maximum atomic E-state index is 13.8. The van der Waals surface area contributed by atoms with Crippen LogP contribution in [0.3, 0.4) is 0 Å². The molecule has 1 aliphatic heterocycles. The summed E-state index contributed by atoms with van der Waals surface area (Å²) >= 11 is 0. The minimum absolute atomic E-state index is 0.0229. The van der Waals surface area contributed by atoms with Crippen molar-refractivity contribution in [2.45, 2.75) is 96.1 Å². The van der Waals surface area contributed by atoms with Crippen LogP contribution in [0.25, 0.3) is 0 Å². The van der Waals surface area contributed by atoms with Crippen LogP contribution in [-0.4, -0.2) is 47.2 Å². The van der Waals surface area contributed by atoms with Crippen molar-refractivity contribution in [3.63, 3.8) is 0 Å². The van der Waals surface area contributed by atoms with Gasteiger partial charge in [0.05, 0.1) is 19.3 Å². The molecule has 1 N–H and O–H groups in total. The highest BCUT2D eigenvalue weighted by atomic mass is 16.6. The molecule has 6 heteroatoms. The zero-order valence-corrected chi connectivity index (χ0v) is 25.3. The molecule has 0 radical (unpaired) electrons. The summed E-state index contributed by atoms with van der Waals surface area (Å²) in [6, 6.07) is 30.3. The van der Waals surface area contributed by atoms with Crippen LogP contribution in [-0.2, 0) is 33.7 Å². The standard InChI is InChI=1S/C36H46N2O4/c1-36(2,3)42-35(40)38-26-32(41-27-30-19-11-6-12-20-30)25-33(38)34(39)37-31(23-13-21-28-15-7-4-8-16-28)24-14-22-29-17-9-5-10-18-29/h4-12,15-20,31-33H,13-14,21-27H2,1-3H3,(H,37,39)/t32-,33+/m1/s1. The smallest absolute Gasteiger partial charge is 0.411 e. The molecule has 0 spiro atoms. The van der Waals surface area contributed by atoms with Crippen molar-refractivity contribution in [1.29, 1.82) is 0 Å². The van der Waals surface area contributed by atoms with Gasteiger partial charge in [-0.25, -0.2) is 4.79 Å². The molecule has 3 aromatic rings. The molecule has 1 heterocycles. The highest BCUT2D eigenvalue weighted by Crippen LogP contribution is 2.25. The van der Waals surface area contributed by atoms with Gasteiger partial charge in [0.1, 0.15) is 11.6 Å². The van der Waals surface area contributed by atoms with Gasteiger partial charge >= 0.3 is 6.09 Å². The number of aryl methyl sites for hydroxylation is 2. The molecule has 1 saturated heterocycles. The molecule has 1 aliphatic rings. The van der Waals surface area contributed by atoms with Gasteiger partial charge in [0.25, 0.3) is 0 Å². The third-order valence-corrected chi connectivity index (χ3v) is 7.59. The Bertz CT molecular complexity index is 1180. The Morgan fingerprint density at radius 2 is 1.31 bits per heavy atom. The number of carbonyl (C=O) groups is 2. The second-order valence-electron chi connectivity index (χ2n) is 12.3. The van der Waals surface area contributed by atoms with E-state index in [0.717, 1.165) is 44.1 Å². The fourth-order valence-electron chi connectivity index (χ4n) is 5.46. The number of rotatable bonds is 13. The Morgan fingerprint density at radius 1 is 0.810 bits per heavy atom. The zero-order valence-electron chi connectivity index (χ0n) is 25.3. The minimum atomic E-state index is -0.654. The summed E-state index contributed by atoms with van der Waals surface area (Å²) in [7, 11) is 0. The van der Waals surface area contributed by atoms with Crippen LogP contribution < -0.4 is 5.32 Å². The second-order valence-corrected chi connectivity index (χ2v) is 12.3. The molecule has 0 aromatic heterocycles. The predicted octanol–water partition coefficient (Wildman–Crippen LogP) is 7.11. The third kappa shape index (κ3) is 10.3. The van der Waals surface area contributed by atoms with Crippen molar-refractivity contribution in [3.05, 3.63) is 108 Å². The number of benzene rings is 3. The van der Waals surface area contributed by atoms with Crippen molar-refractivity contribution in [2.75, 3.05) is 6.54 Å². The van der Waals surface area contributed by atoms with Gasteiger partial charge in [-0.05, 0) is 76.0 Å². The second kappa shape index (κ2) is 15.5. The lowest BCUT2D eigenvalue weighted by Gasteiger charge is -2.29. The van der Waals surface area contributed by atoms with E-state index in [9.17, 15) is 9.59 Å². The van der Waals surface area contributed by atoms with Crippen LogP contribution in [0, 0.1) is 0 Å². The molecular formula is C36H46N2O4. The summed E-state index contributed by atoms with van der Waals surface area (Å²) in [5, 5.41) is 3.33. The fourth-order valence-corrected chi connectivity index (χ4v) is 5.46. The molecule has 0 bridgehead atoms. The van der Waals surface area contributed by atoms with E-state index in [1.165, 1.54) is 11.1 Å². The van der Waals surface area contributed by atoms with E-state index in [1.54, 1.807) is 4.90 Å². The molecular weight excluding hydrogens is 524 g/mol. The first-order chi connectivity index (χ1) is 20.3. The quantitative estimate of drug-likeness (QED) is 0.238. The van der Waals surface area contributed by atoms with Gasteiger partial charge in [-0.2, -0.15) is 0 Å². The van der Waals surface area contributed by atoms with Gasteiger partial charge < -0.3 is 14.8 Å². The van der Waals surface area contributed by atoms with Crippen molar-refractivity contribution in [1.82, 2.24) is 10.2 Å². The normalized spacial score (nSPS) is 16.9. The Morgan fingerprint density at radius 3 is 1.81 bits per heavy atom. The summed E-state index contributed by atoms with van der Waals surface area (Å²) in [6.45, 7) is 6.29. The average Bonchev–Trinajstić information content (AvgIpc) is 3.42. The van der Waals surface area contributed by atoms with Gasteiger partial charge in [0.15, 0.2) is 0 Å². The number of hydrogen-bond acceptors (Lipinski definition) is 4. The molecule has 2 amide bonds. The maximum Gasteiger partial charge on any atom is 0.411 e. The molecule has 1 fully saturated rings. The summed E-state index contributed by atoms with van der Waals surface area (Å²) in [4.78, 5) is 28.6. The van der Waals surface area contributed by atoms with E-state index in [-0.39, 0.29) is 18.1 Å². The van der Waals surface area contributed by atoms with E-state index in [2.05, 4.69) is 53.8 Å². The van der Waals surface area contributed by atoms with Crippen molar-refractivity contribution < 1.29 is 19.1 Å². The Labute approximate surface area is 251 Å². The largest absolute Gasteiger partial charge is 0.444 e. The van der Waals surface area contributed by atoms with Crippen molar-refractivity contribution >= 4 is 12.0 Å². The van der Waals surface area contributed by atoms with Crippen LogP contribution >= 0.6 is 0 Å². The Balaban J connectivity index is 1.41. The summed E-state index contributed by atoms with van der Waals surface area (Å²) in [6.07, 6.45) is 5.36. The van der Waals surface area contributed by atoms with Gasteiger partial charge in [-0.15, -0.1) is 0 Å². The minimum Gasteiger partial charge on any atom is -0.444 e. The Kier molecular flexibility index (Phi) is 11.6. The molecule has 42 heavy (non-hydrogen) atoms. The number of ether oxygens (including phenoxy) is 2.